The fourth-order valence-corrected chi connectivity index (χ4v) is 5.15. The van der Waals surface area contributed by atoms with Gasteiger partial charge in [-0.2, -0.15) is 0 Å². The number of aromatic nitrogens is 3. The summed E-state index contributed by atoms with van der Waals surface area (Å²) in [6, 6.07) is 10.3. The Morgan fingerprint density at radius 2 is 0.579 bits per heavy atom. The molecule has 95 heavy (non-hydrogen) atoms. The van der Waals surface area contributed by atoms with Crippen molar-refractivity contribution in [2.75, 3.05) is 26.7 Å². The van der Waals surface area contributed by atoms with Crippen LogP contribution in [0, 0.1) is 123 Å². The van der Waals surface area contributed by atoms with Crippen molar-refractivity contribution in [3.05, 3.63) is 232 Å². The van der Waals surface area contributed by atoms with E-state index in [1.807, 2.05) is 177 Å². The third-order valence-corrected chi connectivity index (χ3v) is 12.0. The monoisotopic (exact) mass is 1360 g/mol. The first kappa shape index (κ1) is 126. The van der Waals surface area contributed by atoms with Crippen LogP contribution < -0.4 is 0 Å². The molecular formula is C85H155N3O5S2. The topological polar surface area (TPSA) is 104 Å². The highest BCUT2D eigenvalue weighted by Crippen LogP contribution is 2.25. The second-order valence-electron chi connectivity index (χ2n) is 18.9. The average Bonchev–Trinajstić information content (AvgIpc) is 0.899. The van der Waals surface area contributed by atoms with Gasteiger partial charge in [0.1, 0.15) is 28.9 Å². The predicted octanol–water partition coefficient (Wildman–Crippen LogP) is 28.3. The number of hydrogen-bond acceptors (Lipinski definition) is 9. The lowest BCUT2D eigenvalue weighted by atomic mass is 9.90. The van der Waals surface area contributed by atoms with E-state index >= 15 is 0 Å². The highest BCUT2D eigenvalue weighted by molar-refractivity contribution is 8.76. The Balaban J connectivity index is -0.0000000564. The van der Waals surface area contributed by atoms with Gasteiger partial charge >= 0.3 is 0 Å². The van der Waals surface area contributed by atoms with Gasteiger partial charge < -0.3 is 19.3 Å². The van der Waals surface area contributed by atoms with E-state index in [9.17, 15) is 0 Å². The number of pyridine rings is 1. The standard InChI is InChI=1S/C12H18.C10H15N.C8H12N2.C8H12O2.C7H8.C4H6.C3H8.7C3H6.C2H4O2.C2H6O.C2H6S2.3C2H6/c1-7-8(2)10(4)12(6)11(5)9(7)3;1-6-7(2)9(4)11-10(5)8(6)3;1-5-6(2)9-8(4)10-7(5)3;1-5-6(2)10-8(4)7(3)9-5;1-7-5-3-2-4-6-7;1-3-4-2;8*1-3-2;1-2(3)4;1-3-2;1-3-4-2;3*1-2/h1-6H3;1-5H3;2*1-4H3;2-6H,1H3;1-2H3;3H2,1-2H3;7*3H,1H2,2H3;1H3,(H,3,4);1-2H3;1-2H3;3*1-2H3. The van der Waals surface area contributed by atoms with Gasteiger partial charge in [-0.3, -0.25) is 9.78 Å². The molecule has 3 heterocycles. The Bertz CT molecular complexity index is 2260. The molecule has 552 valence electrons. The highest BCUT2D eigenvalue weighted by Gasteiger charge is 2.11. The van der Waals surface area contributed by atoms with E-state index in [2.05, 4.69) is 199 Å². The Labute approximate surface area is 602 Å². The first-order valence-corrected chi connectivity index (χ1v) is 35.8. The summed E-state index contributed by atoms with van der Waals surface area (Å²) in [6.45, 7) is 99.2. The zero-order valence-corrected chi connectivity index (χ0v) is 72.0. The van der Waals surface area contributed by atoms with E-state index < -0.39 is 5.97 Å². The maximum Gasteiger partial charge on any atom is 0.300 e. The number of allylic oxidation sites excluding steroid dienone is 11. The van der Waals surface area contributed by atoms with Crippen LogP contribution in [-0.2, 0) is 19.0 Å². The summed E-state index contributed by atoms with van der Waals surface area (Å²) in [7, 11) is 6.80. The number of carbonyl (C=O) groups is 1. The number of carboxylic acid groups (broad SMARTS) is 1. The van der Waals surface area contributed by atoms with Crippen molar-refractivity contribution >= 4 is 27.6 Å². The van der Waals surface area contributed by atoms with Crippen LogP contribution in [0.1, 0.15) is 249 Å². The molecule has 1 aliphatic heterocycles. The quantitative estimate of drug-likeness (QED) is 0.113. The summed E-state index contributed by atoms with van der Waals surface area (Å²) < 4.78 is 14.9. The van der Waals surface area contributed by atoms with Gasteiger partial charge in [0.2, 0.25) is 0 Å². The summed E-state index contributed by atoms with van der Waals surface area (Å²) in [5.74, 6) is 8.79. The van der Waals surface area contributed by atoms with Crippen molar-refractivity contribution in [2.45, 2.75) is 270 Å². The van der Waals surface area contributed by atoms with E-state index in [1.54, 1.807) is 78.3 Å². The summed E-state index contributed by atoms with van der Waals surface area (Å²) in [4.78, 5) is 21.9. The molecule has 0 amide bonds. The molecule has 8 nitrogen and oxygen atoms in total. The number of aliphatic carboxylic acids is 1. The number of rotatable bonds is 1. The zero-order valence-electron chi connectivity index (χ0n) is 70.3. The Morgan fingerprint density at radius 3 is 0.716 bits per heavy atom. The first-order valence-electron chi connectivity index (χ1n) is 32.9. The molecule has 0 fully saturated rings. The lowest BCUT2D eigenvalue weighted by Crippen LogP contribution is -2.03. The number of benzene rings is 2. The summed E-state index contributed by atoms with van der Waals surface area (Å²) in [6.07, 6.45) is 17.6. The van der Waals surface area contributed by atoms with Crippen LogP contribution in [0.2, 0.25) is 0 Å². The summed E-state index contributed by atoms with van der Waals surface area (Å²) in [5.41, 5.74) is 19.8. The molecule has 0 aliphatic carbocycles. The third-order valence-electron chi connectivity index (χ3n) is 10.6. The van der Waals surface area contributed by atoms with Crippen molar-refractivity contribution in [2.24, 2.45) is 0 Å². The molecule has 1 N–H and O–H groups in total. The van der Waals surface area contributed by atoms with Gasteiger partial charge in [-0.25, -0.2) is 9.97 Å². The predicted molar refractivity (Wildman–Crippen MR) is 447 cm³/mol. The zero-order chi connectivity index (χ0) is 79.4. The molecule has 0 unspecified atom stereocenters. The van der Waals surface area contributed by atoms with Crippen LogP contribution in [0.25, 0.3) is 0 Å². The summed E-state index contributed by atoms with van der Waals surface area (Å²) in [5, 5.41) is 7.42. The molecule has 5 rings (SSSR count). The minimum atomic E-state index is -0.833. The smallest absolute Gasteiger partial charge is 0.300 e. The molecule has 2 aromatic carbocycles. The average molecular weight is 1360 g/mol. The lowest BCUT2D eigenvalue weighted by molar-refractivity contribution is -0.134. The second kappa shape index (κ2) is 104. The largest absolute Gasteiger partial charge is 0.481 e. The molecule has 0 saturated heterocycles. The Morgan fingerprint density at radius 1 is 0.421 bits per heavy atom. The molecule has 2 aromatic heterocycles. The normalized spacial score (nSPS) is 8.44. The van der Waals surface area contributed by atoms with Crippen molar-refractivity contribution in [1.29, 1.82) is 0 Å². The van der Waals surface area contributed by atoms with Crippen LogP contribution in [0.4, 0.5) is 0 Å². The number of nitrogens with zero attached hydrogens (tertiary/aromatic N) is 3. The van der Waals surface area contributed by atoms with Gasteiger partial charge in [0, 0.05) is 43.9 Å². The van der Waals surface area contributed by atoms with Crippen LogP contribution in [0.3, 0.4) is 0 Å². The van der Waals surface area contributed by atoms with Crippen molar-refractivity contribution in [3.63, 3.8) is 0 Å². The molecule has 0 atom stereocenters. The number of methoxy groups -OCH3 is 1. The minimum Gasteiger partial charge on any atom is -0.481 e. The van der Waals surface area contributed by atoms with Gasteiger partial charge in [0.15, 0.2) is 0 Å². The maximum absolute atomic E-state index is 9.00. The summed E-state index contributed by atoms with van der Waals surface area (Å²) >= 11 is 0. The van der Waals surface area contributed by atoms with E-state index in [4.69, 9.17) is 19.4 Å². The minimum absolute atomic E-state index is 0.833. The molecule has 0 spiro atoms. The Kier molecular flexibility index (Phi) is 137. The van der Waals surface area contributed by atoms with Crippen molar-refractivity contribution in [3.8, 4) is 11.8 Å². The number of aryl methyl sites for hydroxylation is 6. The number of hydrogen-bond donors (Lipinski definition) is 1. The highest BCUT2D eigenvalue weighted by atomic mass is 33.1. The van der Waals surface area contributed by atoms with E-state index in [1.165, 1.54) is 67.6 Å². The van der Waals surface area contributed by atoms with Gasteiger partial charge in [-0.05, 0) is 269 Å². The van der Waals surface area contributed by atoms with Crippen molar-refractivity contribution in [1.82, 2.24) is 15.0 Å². The molecule has 0 saturated carbocycles. The maximum atomic E-state index is 9.00. The van der Waals surface area contributed by atoms with Gasteiger partial charge in [-0.15, -0.1) is 57.9 Å². The fourth-order valence-electron chi connectivity index (χ4n) is 5.15. The Hall–Kier alpha value is -6.38. The van der Waals surface area contributed by atoms with Gasteiger partial charge in [0.25, 0.3) is 5.97 Å². The molecular weight excluding hydrogens is 1210 g/mol. The third kappa shape index (κ3) is 101. The molecule has 10 heteroatoms. The van der Waals surface area contributed by atoms with E-state index in [0.717, 1.165) is 58.6 Å². The molecule has 0 radical (unpaired) electrons. The van der Waals surface area contributed by atoms with Crippen molar-refractivity contribution < 1.29 is 24.1 Å². The fraction of sp³-hybridized carbons (Fsp3) is 0.506. The molecule has 0 bridgehead atoms. The van der Waals surface area contributed by atoms with Crippen LogP contribution in [0.5, 0.6) is 0 Å². The van der Waals surface area contributed by atoms with Gasteiger partial charge in [0.05, 0.1) is 0 Å². The number of ether oxygens (including phenoxy) is 3. The van der Waals surface area contributed by atoms with Crippen LogP contribution in [0.15, 0.2) is 142 Å². The SMILES string of the molecule is C=CC.C=CC.C=CC.C=CC.C=CC.C=CC.C=CC.CC.CC.CC.CC#CC.CC(=O)O.CC1=C(C)OC(C)=C(C)O1.CCC.COC.CSSC.Cc1c(C)c(C)c(C)c(C)c1C.Cc1ccccc1.Cc1nc(C)c(C)c(C)c1C.Cc1nc(C)c(C)c(C)n1. The lowest BCUT2D eigenvalue weighted by Gasteiger charge is -2.18. The molecule has 1 aliphatic rings. The van der Waals surface area contributed by atoms with Crippen LogP contribution >= 0.6 is 21.6 Å². The van der Waals surface area contributed by atoms with Gasteiger partial charge in [-0.1, -0.05) is 162 Å². The first-order chi connectivity index (χ1) is 44.4. The number of carboxylic acids is 1. The van der Waals surface area contributed by atoms with E-state index in [0.29, 0.717) is 0 Å². The molecule has 4 aromatic rings. The second-order valence-corrected chi connectivity index (χ2v) is 21.5. The van der Waals surface area contributed by atoms with Crippen LogP contribution in [-0.4, -0.2) is 52.8 Å². The van der Waals surface area contributed by atoms with E-state index in [-0.39, 0.29) is 0 Å².